The molecule has 4 aromatic rings. The van der Waals surface area contributed by atoms with Gasteiger partial charge in [-0.3, -0.25) is 0 Å². The first-order valence-corrected chi connectivity index (χ1v) is 9.38. The summed E-state index contributed by atoms with van der Waals surface area (Å²) >= 11 is 8.87. The van der Waals surface area contributed by atoms with Crippen molar-refractivity contribution in [3.8, 4) is 0 Å². The summed E-state index contributed by atoms with van der Waals surface area (Å²) in [6.07, 6.45) is 0. The fraction of sp³-hybridized carbons (Fsp3) is 0. The van der Waals surface area contributed by atoms with Gasteiger partial charge in [-0.25, -0.2) is 0 Å². The number of fused-ring (bicyclic) bond motifs is 3. The van der Waals surface area contributed by atoms with Crippen LogP contribution in [-0.2, 0) is 0 Å². The summed E-state index contributed by atoms with van der Waals surface area (Å²) in [6.45, 7) is 0. The highest BCUT2D eigenvalue weighted by atomic mass is 32.2. The molecule has 0 saturated carbocycles. The van der Waals surface area contributed by atoms with Crippen LogP contribution in [0.1, 0.15) is 0 Å². The number of halogens is 2. The fourth-order valence-electron chi connectivity index (χ4n) is 2.99. The molecule has 0 N–H and O–H groups in total. The highest BCUT2D eigenvalue weighted by Gasteiger charge is 2.18. The minimum atomic E-state index is -0.00253. The van der Waals surface area contributed by atoms with E-state index in [-0.39, 0.29) is 34.1 Å². The standard InChI is InChI=1S/C18H10F2S4/c19-23-17-15(21)13-7-11-5-9-3-1-2-4-10(9)6-12(11)8-14(13)16(22)18(17)24-20/h1-8,21-22H. The molecule has 0 aliphatic heterocycles. The van der Waals surface area contributed by atoms with Crippen molar-refractivity contribution in [2.45, 2.75) is 19.6 Å². The molecular weight excluding hydrogens is 382 g/mol. The Balaban J connectivity index is 2.17. The second kappa shape index (κ2) is 6.33. The topological polar surface area (TPSA) is 0 Å². The van der Waals surface area contributed by atoms with Crippen LogP contribution in [0.15, 0.2) is 68.1 Å². The van der Waals surface area contributed by atoms with Crippen LogP contribution < -0.4 is 0 Å². The van der Waals surface area contributed by atoms with Crippen molar-refractivity contribution in [2.75, 3.05) is 0 Å². The molecule has 0 atom stereocenters. The normalized spacial score (nSPS) is 11.7. The van der Waals surface area contributed by atoms with Crippen LogP contribution in [0.3, 0.4) is 0 Å². The van der Waals surface area contributed by atoms with Gasteiger partial charge < -0.3 is 0 Å². The second-order valence-corrected chi connectivity index (χ2v) is 7.47. The van der Waals surface area contributed by atoms with E-state index in [0.29, 0.717) is 9.79 Å². The molecule has 0 aliphatic carbocycles. The minimum Gasteiger partial charge on any atom is -0.159 e. The van der Waals surface area contributed by atoms with Gasteiger partial charge in [-0.15, -0.1) is 25.3 Å². The molecule has 24 heavy (non-hydrogen) atoms. The molecule has 4 aromatic carbocycles. The lowest BCUT2D eigenvalue weighted by Gasteiger charge is -2.14. The molecule has 0 nitrogen and oxygen atoms in total. The van der Waals surface area contributed by atoms with Gasteiger partial charge in [0.25, 0.3) is 0 Å². The van der Waals surface area contributed by atoms with Crippen LogP contribution in [-0.4, -0.2) is 0 Å². The highest BCUT2D eigenvalue weighted by Crippen LogP contribution is 2.46. The molecule has 120 valence electrons. The third kappa shape index (κ3) is 2.47. The van der Waals surface area contributed by atoms with E-state index >= 15 is 0 Å². The summed E-state index contributed by atoms with van der Waals surface area (Å²) in [5.74, 6) is 0. The highest BCUT2D eigenvalue weighted by molar-refractivity contribution is 7.98. The summed E-state index contributed by atoms with van der Waals surface area (Å²) in [6, 6.07) is 16.2. The zero-order valence-corrected chi connectivity index (χ0v) is 15.5. The van der Waals surface area contributed by atoms with Gasteiger partial charge in [-0.2, -0.15) is 7.77 Å². The van der Waals surface area contributed by atoms with E-state index in [4.69, 9.17) is 0 Å². The van der Waals surface area contributed by atoms with Gasteiger partial charge in [0, 0.05) is 9.79 Å². The Morgan fingerprint density at radius 3 is 1.42 bits per heavy atom. The first-order chi connectivity index (χ1) is 11.6. The van der Waals surface area contributed by atoms with Gasteiger partial charge in [0.1, 0.15) is 0 Å². The Morgan fingerprint density at radius 2 is 1.04 bits per heavy atom. The molecule has 4 rings (SSSR count). The second-order valence-electron chi connectivity index (χ2n) is 5.45. The van der Waals surface area contributed by atoms with Gasteiger partial charge in [-0.1, -0.05) is 24.3 Å². The summed E-state index contributed by atoms with van der Waals surface area (Å²) in [4.78, 5) is 1.21. The van der Waals surface area contributed by atoms with Crippen LogP contribution in [0.25, 0.3) is 32.3 Å². The molecule has 0 radical (unpaired) electrons. The molecule has 0 unspecified atom stereocenters. The Kier molecular flexibility index (Phi) is 4.33. The van der Waals surface area contributed by atoms with Crippen molar-refractivity contribution >= 4 is 81.9 Å². The SMILES string of the molecule is FSc1c(SF)c(S)c2cc3cc4ccccc4cc3cc2c1S. The Hall–Kier alpha value is -1.08. The van der Waals surface area contributed by atoms with E-state index in [2.05, 4.69) is 49.5 Å². The Labute approximate surface area is 157 Å². The van der Waals surface area contributed by atoms with Crippen molar-refractivity contribution < 1.29 is 7.77 Å². The third-order valence-electron chi connectivity index (χ3n) is 4.14. The number of hydrogen-bond acceptors (Lipinski definition) is 4. The molecule has 0 bridgehead atoms. The van der Waals surface area contributed by atoms with E-state index in [1.54, 1.807) is 0 Å². The quantitative estimate of drug-likeness (QED) is 0.265. The molecule has 0 heterocycles. The first-order valence-electron chi connectivity index (χ1n) is 7.05. The maximum Gasteiger partial charge on any atom is 0.0837 e. The molecule has 0 amide bonds. The molecule has 0 aliphatic rings. The monoisotopic (exact) mass is 392 g/mol. The van der Waals surface area contributed by atoms with Gasteiger partial charge in [0.2, 0.25) is 0 Å². The average molecular weight is 393 g/mol. The van der Waals surface area contributed by atoms with Gasteiger partial charge in [0.15, 0.2) is 0 Å². The fourth-order valence-corrected chi connectivity index (χ4v) is 4.84. The average Bonchev–Trinajstić information content (AvgIpc) is 2.61. The Bertz CT molecular complexity index is 1020. The minimum absolute atomic E-state index is 0.00253. The predicted molar refractivity (Wildman–Crippen MR) is 107 cm³/mol. The molecule has 0 aromatic heterocycles. The van der Waals surface area contributed by atoms with Crippen LogP contribution in [0.5, 0.6) is 0 Å². The third-order valence-corrected chi connectivity index (χ3v) is 6.63. The van der Waals surface area contributed by atoms with Gasteiger partial charge >= 0.3 is 0 Å². The molecule has 6 heteroatoms. The molecule has 0 saturated heterocycles. The predicted octanol–water partition coefficient (Wildman–Crippen LogP) is 7.68. The van der Waals surface area contributed by atoms with Crippen molar-refractivity contribution in [3.63, 3.8) is 0 Å². The van der Waals surface area contributed by atoms with Crippen LogP contribution in [0.4, 0.5) is 7.77 Å². The van der Waals surface area contributed by atoms with Crippen LogP contribution in [0, 0.1) is 0 Å². The van der Waals surface area contributed by atoms with Gasteiger partial charge in [-0.05, 0) is 56.6 Å². The first kappa shape index (κ1) is 16.4. The maximum absolute atomic E-state index is 13.3. The van der Waals surface area contributed by atoms with E-state index in [0.717, 1.165) is 32.3 Å². The zero-order chi connectivity index (χ0) is 16.8. The molecule has 0 fully saturated rings. The number of benzene rings is 4. The van der Waals surface area contributed by atoms with E-state index in [1.807, 2.05) is 24.3 Å². The lowest BCUT2D eigenvalue weighted by atomic mass is 9.99. The van der Waals surface area contributed by atoms with Gasteiger partial charge in [0.05, 0.1) is 34.1 Å². The largest absolute Gasteiger partial charge is 0.159 e. The van der Waals surface area contributed by atoms with Crippen molar-refractivity contribution in [2.24, 2.45) is 0 Å². The smallest absolute Gasteiger partial charge is 0.0837 e. The summed E-state index contributed by atoms with van der Waals surface area (Å²) < 4.78 is 26.6. The number of rotatable bonds is 2. The van der Waals surface area contributed by atoms with Crippen LogP contribution >= 0.6 is 49.6 Å². The lowest BCUT2D eigenvalue weighted by molar-refractivity contribution is 0.890. The maximum atomic E-state index is 13.3. The summed E-state index contributed by atoms with van der Waals surface area (Å²) in [5, 5.41) is 5.85. The van der Waals surface area contributed by atoms with Crippen molar-refractivity contribution in [3.05, 3.63) is 48.5 Å². The van der Waals surface area contributed by atoms with E-state index in [1.165, 1.54) is 0 Å². The summed E-state index contributed by atoms with van der Waals surface area (Å²) in [5.41, 5.74) is 0. The molecule has 0 spiro atoms. The number of thiol groups is 2. The van der Waals surface area contributed by atoms with Crippen molar-refractivity contribution in [1.82, 2.24) is 0 Å². The molecular formula is C18H10F2S4. The van der Waals surface area contributed by atoms with Crippen molar-refractivity contribution in [1.29, 1.82) is 0 Å². The zero-order valence-electron chi connectivity index (χ0n) is 12.1. The Morgan fingerprint density at radius 1 is 0.625 bits per heavy atom. The number of hydrogen-bond donors (Lipinski definition) is 2. The lowest BCUT2D eigenvalue weighted by Crippen LogP contribution is -1.88. The van der Waals surface area contributed by atoms with E-state index in [9.17, 15) is 7.77 Å². The summed E-state index contributed by atoms with van der Waals surface area (Å²) in [7, 11) is 0. The van der Waals surface area contributed by atoms with Crippen LogP contribution in [0.2, 0.25) is 0 Å². The van der Waals surface area contributed by atoms with E-state index < -0.39 is 0 Å².